The Morgan fingerprint density at radius 2 is 1.80 bits per heavy atom. The monoisotopic (exact) mass is 553 g/mol. The summed E-state index contributed by atoms with van der Waals surface area (Å²) in [6.45, 7) is 3.75. The molecule has 1 saturated heterocycles. The molecule has 212 valence electrons. The minimum Gasteiger partial charge on any atom is -0.506 e. The third-order valence-electron chi connectivity index (χ3n) is 6.18. The Bertz CT molecular complexity index is 1220. The lowest BCUT2D eigenvalue weighted by Gasteiger charge is -2.26. The van der Waals surface area contributed by atoms with Crippen LogP contribution in [0, 0.1) is 5.92 Å². The van der Waals surface area contributed by atoms with Gasteiger partial charge in [0.05, 0.1) is 25.0 Å². The van der Waals surface area contributed by atoms with Crippen molar-refractivity contribution in [3.05, 3.63) is 60.2 Å². The molecule has 1 fully saturated rings. The zero-order valence-corrected chi connectivity index (χ0v) is 22.5. The molecule has 0 saturated carbocycles. The van der Waals surface area contributed by atoms with Crippen LogP contribution in [0.25, 0.3) is 0 Å². The summed E-state index contributed by atoms with van der Waals surface area (Å²) < 4.78 is 11.2. The van der Waals surface area contributed by atoms with E-state index in [1.807, 2.05) is 19.9 Å². The molecule has 0 spiro atoms. The van der Waals surface area contributed by atoms with E-state index in [1.54, 1.807) is 24.3 Å². The van der Waals surface area contributed by atoms with Crippen molar-refractivity contribution in [3.63, 3.8) is 0 Å². The Hall–Kier alpha value is -4.33. The quantitative estimate of drug-likeness (QED) is 0.251. The van der Waals surface area contributed by atoms with Gasteiger partial charge >= 0.3 is 19.1 Å². The van der Waals surface area contributed by atoms with E-state index in [-0.39, 0.29) is 24.5 Å². The molecule has 3 rings (SSSR count). The van der Waals surface area contributed by atoms with Gasteiger partial charge in [0.15, 0.2) is 5.60 Å². The molecule has 40 heavy (non-hydrogen) atoms. The lowest BCUT2D eigenvalue weighted by molar-refractivity contribution is -0.154. The summed E-state index contributed by atoms with van der Waals surface area (Å²) in [5.41, 5.74) is -1.26. The standard InChI is InChI=1S/C26H32BN5O8/c1-16(2)11-20(27-39-25(38)26(40-27,14-22(34)35)13-21(33)28-3)32-23(36)18(12-17-7-5-4-6-8-17)31-24(37)19-15-29-9-10-30-19/h4-10,15-16,18,20H,11-14H2,1-3H3,(H,28,33)(H,31,37)(H,32,36)(H,34,35)/t18-,20-,26-/m0/s1. The molecule has 4 N–H and O–H groups in total. The third kappa shape index (κ3) is 8.09. The first-order valence-corrected chi connectivity index (χ1v) is 12.8. The Morgan fingerprint density at radius 3 is 2.40 bits per heavy atom. The first-order valence-electron chi connectivity index (χ1n) is 12.8. The third-order valence-corrected chi connectivity index (χ3v) is 6.18. The number of benzene rings is 1. The van der Waals surface area contributed by atoms with Crippen molar-refractivity contribution < 1.29 is 38.4 Å². The molecular formula is C26H32BN5O8. The number of aliphatic carboxylic acids is 1. The number of hydrogen-bond acceptors (Lipinski definition) is 9. The second-order valence-electron chi connectivity index (χ2n) is 9.86. The maximum Gasteiger partial charge on any atom is 0.552 e. The van der Waals surface area contributed by atoms with Crippen molar-refractivity contribution in [3.8, 4) is 0 Å². The van der Waals surface area contributed by atoms with Gasteiger partial charge in [-0.25, -0.2) is 4.98 Å². The zero-order valence-electron chi connectivity index (χ0n) is 22.5. The molecular weight excluding hydrogens is 521 g/mol. The minimum atomic E-state index is -2.06. The second kappa shape index (κ2) is 13.6. The molecule has 14 heteroatoms. The highest BCUT2D eigenvalue weighted by Crippen LogP contribution is 2.32. The molecule has 0 bridgehead atoms. The highest BCUT2D eigenvalue weighted by molar-refractivity contribution is 6.51. The van der Waals surface area contributed by atoms with Crippen LogP contribution in [0.15, 0.2) is 48.9 Å². The lowest BCUT2D eigenvalue weighted by atomic mass is 9.73. The van der Waals surface area contributed by atoms with Crippen LogP contribution in [0.4, 0.5) is 0 Å². The number of aromatic nitrogens is 2. The molecule has 13 nitrogen and oxygen atoms in total. The van der Waals surface area contributed by atoms with E-state index in [0.29, 0.717) is 0 Å². The Kier molecular flexibility index (Phi) is 10.3. The fourth-order valence-electron chi connectivity index (χ4n) is 4.29. The smallest absolute Gasteiger partial charge is 0.506 e. The topological polar surface area (TPSA) is 186 Å². The number of amides is 3. The number of rotatable bonds is 13. The molecule has 1 aromatic heterocycles. The Morgan fingerprint density at radius 1 is 1.07 bits per heavy atom. The van der Waals surface area contributed by atoms with E-state index < -0.39 is 67.2 Å². The SMILES string of the molecule is CNC(=O)C[C@@]1(CC(=O)O)OB([C@H](CC(C)C)NC(=O)[C@H](Cc2ccccc2)NC(=O)c2cnccn2)OC1=O. The predicted molar refractivity (Wildman–Crippen MR) is 141 cm³/mol. The van der Waals surface area contributed by atoms with Gasteiger partial charge in [0.25, 0.3) is 5.91 Å². The molecule has 2 heterocycles. The fourth-order valence-corrected chi connectivity index (χ4v) is 4.29. The van der Waals surface area contributed by atoms with Crippen molar-refractivity contribution >= 4 is 36.8 Å². The summed E-state index contributed by atoms with van der Waals surface area (Å²) in [5.74, 6) is -5.11. The molecule has 1 aliphatic heterocycles. The van der Waals surface area contributed by atoms with Crippen molar-refractivity contribution in [2.75, 3.05) is 7.05 Å². The Balaban J connectivity index is 1.85. The molecule has 1 aromatic carbocycles. The maximum atomic E-state index is 13.6. The Labute approximate surface area is 231 Å². The van der Waals surface area contributed by atoms with Crippen LogP contribution in [-0.2, 0) is 34.9 Å². The lowest BCUT2D eigenvalue weighted by Crippen LogP contribution is -2.56. The molecule has 0 aliphatic carbocycles. The van der Waals surface area contributed by atoms with Crippen LogP contribution in [0.3, 0.4) is 0 Å². The molecule has 3 amide bonds. The predicted octanol–water partition coefficient (Wildman–Crippen LogP) is 0.299. The van der Waals surface area contributed by atoms with E-state index >= 15 is 0 Å². The number of carbonyl (C=O) groups is 5. The number of nitrogens with zero attached hydrogens (tertiary/aromatic N) is 2. The molecule has 1 aliphatic rings. The van der Waals surface area contributed by atoms with Crippen LogP contribution in [0.5, 0.6) is 0 Å². The molecule has 0 unspecified atom stereocenters. The van der Waals surface area contributed by atoms with E-state index in [4.69, 9.17) is 9.31 Å². The van der Waals surface area contributed by atoms with Gasteiger partial charge < -0.3 is 30.4 Å². The van der Waals surface area contributed by atoms with Crippen LogP contribution >= 0.6 is 0 Å². The highest BCUT2D eigenvalue weighted by atomic mass is 16.7. The summed E-state index contributed by atoms with van der Waals surface area (Å²) in [5, 5.41) is 17.2. The van der Waals surface area contributed by atoms with Gasteiger partial charge in [-0.3, -0.25) is 29.0 Å². The number of hydrogen-bond donors (Lipinski definition) is 4. The van der Waals surface area contributed by atoms with Crippen molar-refractivity contribution in [2.24, 2.45) is 5.92 Å². The number of nitrogens with one attached hydrogen (secondary N) is 3. The van der Waals surface area contributed by atoms with Crippen LogP contribution in [0.1, 0.15) is 49.2 Å². The molecule has 0 radical (unpaired) electrons. The summed E-state index contributed by atoms with van der Waals surface area (Å²) >= 11 is 0. The van der Waals surface area contributed by atoms with Gasteiger partial charge in [0.1, 0.15) is 11.7 Å². The number of carboxylic acid groups (broad SMARTS) is 1. The first kappa shape index (κ1) is 30.2. The average molecular weight is 553 g/mol. The fraction of sp³-hybridized carbons (Fsp3) is 0.423. The van der Waals surface area contributed by atoms with Gasteiger partial charge in [-0.1, -0.05) is 44.2 Å². The van der Waals surface area contributed by atoms with Crippen LogP contribution in [-0.4, -0.2) is 76.5 Å². The normalized spacial score (nSPS) is 18.0. The minimum absolute atomic E-state index is 0.0113. The summed E-state index contributed by atoms with van der Waals surface area (Å²) in [4.78, 5) is 70.8. The maximum absolute atomic E-state index is 13.6. The van der Waals surface area contributed by atoms with Crippen molar-refractivity contribution in [1.29, 1.82) is 0 Å². The zero-order chi connectivity index (χ0) is 29.3. The average Bonchev–Trinajstić information content (AvgIpc) is 3.22. The van der Waals surface area contributed by atoms with Crippen molar-refractivity contribution in [1.82, 2.24) is 25.9 Å². The summed E-state index contributed by atoms with van der Waals surface area (Å²) in [6, 6.07) is 7.98. The van der Waals surface area contributed by atoms with Crippen molar-refractivity contribution in [2.45, 2.75) is 57.1 Å². The van der Waals surface area contributed by atoms with Gasteiger partial charge in [0.2, 0.25) is 11.8 Å². The first-order chi connectivity index (χ1) is 19.0. The summed E-state index contributed by atoms with van der Waals surface area (Å²) in [7, 11) is -0.0191. The summed E-state index contributed by atoms with van der Waals surface area (Å²) in [6.07, 6.45) is 3.09. The van der Waals surface area contributed by atoms with E-state index in [0.717, 1.165) is 5.56 Å². The van der Waals surface area contributed by atoms with E-state index in [1.165, 1.54) is 25.6 Å². The highest BCUT2D eigenvalue weighted by Gasteiger charge is 2.57. The van der Waals surface area contributed by atoms with E-state index in [9.17, 15) is 29.1 Å². The number of carboxylic acids is 1. The largest absolute Gasteiger partial charge is 0.552 e. The van der Waals surface area contributed by atoms with Gasteiger partial charge in [-0.15, -0.1) is 0 Å². The molecule has 2 aromatic rings. The van der Waals surface area contributed by atoms with Crippen LogP contribution < -0.4 is 16.0 Å². The van der Waals surface area contributed by atoms with E-state index in [2.05, 4.69) is 25.9 Å². The van der Waals surface area contributed by atoms with Gasteiger partial charge in [0, 0.05) is 25.9 Å². The van der Waals surface area contributed by atoms with Gasteiger partial charge in [-0.05, 0) is 17.9 Å². The molecule has 3 atom stereocenters. The second-order valence-corrected chi connectivity index (χ2v) is 9.86. The van der Waals surface area contributed by atoms with Gasteiger partial charge in [-0.2, -0.15) is 0 Å². The van der Waals surface area contributed by atoms with Crippen LogP contribution in [0.2, 0.25) is 0 Å². The number of carbonyl (C=O) groups excluding carboxylic acids is 4.